The number of carbonyl (C=O) groups excluding carboxylic acids is 1. The average molecular weight is 399 g/mol. The number of fused-ring (bicyclic) bond motifs is 5. The number of piperidine rings is 1. The number of methoxy groups -OCH3 is 3. The number of benzene rings is 1. The molecule has 3 atom stereocenters. The van der Waals surface area contributed by atoms with E-state index in [2.05, 4.69) is 22.9 Å². The molecule has 156 valence electrons. The lowest BCUT2D eigenvalue weighted by Gasteiger charge is -2.46. The fourth-order valence-corrected chi connectivity index (χ4v) is 5.28. The number of nitrogens with zero attached hydrogens (tertiary/aromatic N) is 1. The Morgan fingerprint density at radius 1 is 1.31 bits per heavy atom. The average Bonchev–Trinajstić information content (AvgIpc) is 3.15. The molecule has 1 aromatic heterocycles. The van der Waals surface area contributed by atoms with Crippen molar-refractivity contribution in [3.63, 3.8) is 0 Å². The van der Waals surface area contributed by atoms with E-state index >= 15 is 0 Å². The second-order valence-corrected chi connectivity index (χ2v) is 7.97. The molecule has 1 N–H and O–H groups in total. The molecule has 0 bridgehead atoms. The number of hydrogen-bond acceptors (Lipinski definition) is 5. The summed E-state index contributed by atoms with van der Waals surface area (Å²) >= 11 is 0. The Balaban J connectivity index is 1.76. The molecule has 4 rings (SSSR count). The van der Waals surface area contributed by atoms with Crippen LogP contribution in [0.3, 0.4) is 0 Å². The van der Waals surface area contributed by atoms with Crippen LogP contribution in [0.1, 0.15) is 37.1 Å². The Bertz CT molecular complexity index is 932. The number of carbonyl (C=O) groups is 1. The van der Waals surface area contributed by atoms with Crippen LogP contribution >= 0.6 is 0 Å². The molecule has 6 nitrogen and oxygen atoms in total. The number of aromatic nitrogens is 1. The first-order chi connectivity index (χ1) is 14.1. The topological polar surface area (TPSA) is 63.8 Å². The van der Waals surface area contributed by atoms with E-state index in [4.69, 9.17) is 14.2 Å². The van der Waals surface area contributed by atoms with Gasteiger partial charge in [0.2, 0.25) is 0 Å². The summed E-state index contributed by atoms with van der Waals surface area (Å²) in [7, 11) is 4.75. The molecule has 1 saturated heterocycles. The van der Waals surface area contributed by atoms with Gasteiger partial charge in [0, 0.05) is 29.7 Å². The van der Waals surface area contributed by atoms with E-state index in [9.17, 15) is 4.79 Å². The van der Waals surface area contributed by atoms with Crippen LogP contribution in [0.2, 0.25) is 0 Å². The maximum atomic E-state index is 12.5. The number of rotatable bonds is 5. The second-order valence-electron chi connectivity index (χ2n) is 7.97. The fraction of sp³-hybridized carbons (Fsp3) is 0.522. The van der Waals surface area contributed by atoms with Crippen molar-refractivity contribution < 1.29 is 19.0 Å². The minimum Gasteiger partial charge on any atom is -0.504 e. The molecule has 2 aliphatic heterocycles. The van der Waals surface area contributed by atoms with Crippen LogP contribution in [0.5, 0.6) is 5.75 Å². The molecule has 0 spiro atoms. The zero-order chi connectivity index (χ0) is 20.5. The van der Waals surface area contributed by atoms with Crippen molar-refractivity contribution >= 4 is 16.9 Å². The maximum absolute atomic E-state index is 12.5. The van der Waals surface area contributed by atoms with Gasteiger partial charge in [-0.1, -0.05) is 19.4 Å². The molecule has 1 unspecified atom stereocenters. The third kappa shape index (κ3) is 3.29. The SMILES string of the molecule is CC[C@@H]1CN2CCc3c([nH]c4cccc(OC)c34)[C@@H]2CC1/C(=C\OC)C(=O)OC. The Morgan fingerprint density at radius 2 is 2.14 bits per heavy atom. The number of ether oxygens (including phenoxy) is 3. The summed E-state index contributed by atoms with van der Waals surface area (Å²) in [6.07, 6.45) is 4.46. The van der Waals surface area contributed by atoms with Crippen LogP contribution in [0.4, 0.5) is 0 Å². The molecule has 0 amide bonds. The van der Waals surface area contributed by atoms with Crippen LogP contribution in [0.25, 0.3) is 10.9 Å². The van der Waals surface area contributed by atoms with Gasteiger partial charge in [0.25, 0.3) is 0 Å². The molecule has 1 aromatic carbocycles. The van der Waals surface area contributed by atoms with Gasteiger partial charge in [-0.3, -0.25) is 4.90 Å². The van der Waals surface area contributed by atoms with Crippen LogP contribution in [0.15, 0.2) is 30.0 Å². The highest BCUT2D eigenvalue weighted by atomic mass is 16.5. The van der Waals surface area contributed by atoms with Gasteiger partial charge in [0.05, 0.1) is 39.2 Å². The van der Waals surface area contributed by atoms with Gasteiger partial charge in [0.1, 0.15) is 5.75 Å². The molecule has 0 radical (unpaired) electrons. The van der Waals surface area contributed by atoms with Crippen LogP contribution < -0.4 is 4.74 Å². The maximum Gasteiger partial charge on any atom is 0.337 e. The highest BCUT2D eigenvalue weighted by molar-refractivity contribution is 5.91. The molecule has 0 aliphatic carbocycles. The Labute approximate surface area is 171 Å². The number of aromatic amines is 1. The number of esters is 1. The minimum atomic E-state index is -0.293. The lowest BCUT2D eigenvalue weighted by molar-refractivity contribution is -0.137. The van der Waals surface area contributed by atoms with Crippen molar-refractivity contribution in [2.75, 3.05) is 34.4 Å². The summed E-state index contributed by atoms with van der Waals surface area (Å²) < 4.78 is 16.0. The van der Waals surface area contributed by atoms with Crippen molar-refractivity contribution in [2.24, 2.45) is 11.8 Å². The summed E-state index contributed by atoms with van der Waals surface area (Å²) in [5.41, 5.74) is 4.37. The molecular formula is C23H30N2O4. The standard InChI is InChI=1S/C23H30N2O4/c1-5-14-12-25-10-9-15-21-18(7-6-8-20(21)28-3)24-22(15)19(25)11-16(14)17(13-27-2)23(26)29-4/h6-8,13-14,16,19,24H,5,9-12H2,1-4H3/b17-13+/t14-,16?,19+/m1/s1. The summed E-state index contributed by atoms with van der Waals surface area (Å²) in [5, 5.41) is 1.19. The molecule has 6 heteroatoms. The van der Waals surface area contributed by atoms with Gasteiger partial charge in [-0.2, -0.15) is 0 Å². The third-order valence-electron chi connectivity index (χ3n) is 6.67. The molecular weight excluding hydrogens is 368 g/mol. The smallest absolute Gasteiger partial charge is 0.337 e. The van der Waals surface area contributed by atoms with Gasteiger partial charge in [-0.05, 0) is 42.4 Å². The molecule has 29 heavy (non-hydrogen) atoms. The predicted molar refractivity (Wildman–Crippen MR) is 112 cm³/mol. The van der Waals surface area contributed by atoms with Crippen molar-refractivity contribution in [3.8, 4) is 5.75 Å². The quantitative estimate of drug-likeness (QED) is 0.471. The van der Waals surface area contributed by atoms with E-state index in [0.29, 0.717) is 11.5 Å². The molecule has 1 fully saturated rings. The van der Waals surface area contributed by atoms with Crippen molar-refractivity contribution in [1.29, 1.82) is 0 Å². The van der Waals surface area contributed by atoms with Gasteiger partial charge in [0.15, 0.2) is 0 Å². The summed E-state index contributed by atoms with van der Waals surface area (Å²) in [5.74, 6) is 1.12. The lowest BCUT2D eigenvalue weighted by Crippen LogP contribution is -2.47. The van der Waals surface area contributed by atoms with E-state index in [-0.39, 0.29) is 17.9 Å². The van der Waals surface area contributed by atoms with E-state index in [0.717, 1.165) is 43.6 Å². The number of nitrogens with one attached hydrogen (secondary N) is 1. The van der Waals surface area contributed by atoms with Crippen LogP contribution in [-0.4, -0.2) is 50.3 Å². The van der Waals surface area contributed by atoms with E-state index < -0.39 is 0 Å². The molecule has 2 aromatic rings. The van der Waals surface area contributed by atoms with Gasteiger partial charge in [-0.25, -0.2) is 4.79 Å². The Morgan fingerprint density at radius 3 is 2.83 bits per heavy atom. The highest BCUT2D eigenvalue weighted by Crippen LogP contribution is 2.47. The van der Waals surface area contributed by atoms with Crippen LogP contribution in [0, 0.1) is 11.8 Å². The highest BCUT2D eigenvalue weighted by Gasteiger charge is 2.42. The number of hydrogen-bond donors (Lipinski definition) is 1. The minimum absolute atomic E-state index is 0.105. The first-order valence-corrected chi connectivity index (χ1v) is 10.4. The van der Waals surface area contributed by atoms with Crippen LogP contribution in [-0.2, 0) is 20.7 Å². The molecule has 0 saturated carbocycles. The zero-order valence-electron chi connectivity index (χ0n) is 17.7. The van der Waals surface area contributed by atoms with Gasteiger partial charge < -0.3 is 19.2 Å². The zero-order valence-corrected chi connectivity index (χ0v) is 17.7. The lowest BCUT2D eigenvalue weighted by atomic mass is 9.74. The summed E-state index contributed by atoms with van der Waals surface area (Å²) in [6, 6.07) is 6.40. The van der Waals surface area contributed by atoms with E-state index in [1.54, 1.807) is 20.5 Å². The molecule has 3 heterocycles. The van der Waals surface area contributed by atoms with Crippen molar-refractivity contribution in [3.05, 3.63) is 41.3 Å². The second kappa shape index (κ2) is 8.11. The van der Waals surface area contributed by atoms with Crippen molar-refractivity contribution in [1.82, 2.24) is 9.88 Å². The first kappa shape index (κ1) is 19.8. The number of H-pyrrole nitrogens is 1. The van der Waals surface area contributed by atoms with E-state index in [1.165, 1.54) is 23.8 Å². The van der Waals surface area contributed by atoms with Crippen molar-refractivity contribution in [2.45, 2.75) is 32.2 Å². The summed E-state index contributed by atoms with van der Waals surface area (Å²) in [4.78, 5) is 18.7. The molecule has 2 aliphatic rings. The Hall–Kier alpha value is -2.47. The fourth-order valence-electron chi connectivity index (χ4n) is 5.28. The monoisotopic (exact) mass is 398 g/mol. The van der Waals surface area contributed by atoms with Gasteiger partial charge >= 0.3 is 5.97 Å². The summed E-state index contributed by atoms with van der Waals surface area (Å²) in [6.45, 7) is 4.19. The normalized spacial score (nSPS) is 24.7. The third-order valence-corrected chi connectivity index (χ3v) is 6.67. The predicted octanol–water partition coefficient (Wildman–Crippen LogP) is 3.83. The first-order valence-electron chi connectivity index (χ1n) is 10.4. The Kier molecular flexibility index (Phi) is 5.54. The largest absolute Gasteiger partial charge is 0.504 e. The van der Waals surface area contributed by atoms with E-state index in [1.807, 2.05) is 12.1 Å². The van der Waals surface area contributed by atoms with Gasteiger partial charge in [-0.15, -0.1) is 0 Å².